The van der Waals surface area contributed by atoms with E-state index < -0.39 is 30.1 Å². The van der Waals surface area contributed by atoms with Gasteiger partial charge >= 0.3 is 35.5 Å². The monoisotopic (exact) mass is 344 g/mol. The molecular weight excluding hydrogens is 313 g/mol. The number of aliphatic hydroxyl groups excluding tert-OH is 2. The Labute approximate surface area is 161 Å². The van der Waals surface area contributed by atoms with Crippen LogP contribution in [-0.2, 0) is 9.59 Å². The largest absolute Gasteiger partial charge is 1.00 e. The summed E-state index contributed by atoms with van der Waals surface area (Å²) in [5, 5.41) is 27.3. The van der Waals surface area contributed by atoms with Gasteiger partial charge in [0, 0.05) is 6.10 Å². The van der Waals surface area contributed by atoms with Gasteiger partial charge in [0.05, 0.1) is 12.0 Å². The van der Waals surface area contributed by atoms with Gasteiger partial charge in [0.25, 0.3) is 0 Å². The van der Waals surface area contributed by atoms with Crippen molar-refractivity contribution in [2.75, 3.05) is 0 Å². The van der Waals surface area contributed by atoms with Crippen molar-refractivity contribution in [2.45, 2.75) is 66.7 Å². The summed E-state index contributed by atoms with van der Waals surface area (Å²) in [4.78, 5) is 20.4. The maximum atomic E-state index is 10.4. The molecule has 0 aromatic carbocycles. The van der Waals surface area contributed by atoms with E-state index in [0.717, 1.165) is 0 Å². The molecular formula is C15H31NNaO6-. The molecule has 23 heavy (non-hydrogen) atoms. The van der Waals surface area contributed by atoms with Gasteiger partial charge in [-0.3, -0.25) is 4.79 Å². The number of carbonyl (C=O) groups excluding carboxylic acids is 1. The molecule has 0 spiro atoms. The summed E-state index contributed by atoms with van der Waals surface area (Å²) in [6.45, 7) is 12.4. The molecule has 8 heteroatoms. The third kappa shape index (κ3) is 13.0. The Morgan fingerprint density at radius 3 is 1.39 bits per heavy atom. The van der Waals surface area contributed by atoms with Gasteiger partial charge in [-0.15, -0.1) is 0 Å². The molecule has 0 saturated carbocycles. The van der Waals surface area contributed by atoms with E-state index in [4.69, 9.17) is 10.8 Å². The number of aliphatic hydroxyl groups is 2. The number of rotatable bonds is 4. The van der Waals surface area contributed by atoms with Gasteiger partial charge in [-0.25, -0.2) is 6.29 Å². The number of nitrogens with two attached hydrogens (primary N) is 1. The van der Waals surface area contributed by atoms with Crippen LogP contribution < -0.4 is 35.3 Å². The zero-order chi connectivity index (χ0) is 17.6. The van der Waals surface area contributed by atoms with Gasteiger partial charge in [-0.05, 0) is 17.8 Å². The summed E-state index contributed by atoms with van der Waals surface area (Å²) in [7, 11) is 0. The molecule has 0 rings (SSSR count). The fourth-order valence-electron chi connectivity index (χ4n) is 1.49. The fourth-order valence-corrected chi connectivity index (χ4v) is 1.49. The third-order valence-corrected chi connectivity index (χ3v) is 3.11. The molecule has 0 fully saturated rings. The Morgan fingerprint density at radius 2 is 1.30 bits per heavy atom. The van der Waals surface area contributed by atoms with E-state index in [0.29, 0.717) is 0 Å². The van der Waals surface area contributed by atoms with Crippen molar-refractivity contribution in [3.63, 3.8) is 0 Å². The molecule has 0 aromatic heterocycles. The van der Waals surface area contributed by atoms with E-state index in [1.807, 2.05) is 41.5 Å². The van der Waals surface area contributed by atoms with Crippen LogP contribution in [-0.4, -0.2) is 51.3 Å². The van der Waals surface area contributed by atoms with E-state index >= 15 is 0 Å². The van der Waals surface area contributed by atoms with Crippen molar-refractivity contribution in [3.8, 4) is 0 Å². The first-order valence-electron chi connectivity index (χ1n) is 6.88. The van der Waals surface area contributed by atoms with Crippen LogP contribution in [0, 0.1) is 16.7 Å². The average Bonchev–Trinajstić information content (AvgIpc) is 2.33. The molecule has 0 saturated heterocycles. The van der Waals surface area contributed by atoms with E-state index in [9.17, 15) is 19.8 Å². The number of aliphatic carboxylic acids is 1. The molecule has 6 N–H and O–H groups in total. The second-order valence-corrected chi connectivity index (χ2v) is 7.39. The van der Waals surface area contributed by atoms with Crippen molar-refractivity contribution in [1.82, 2.24) is 0 Å². The summed E-state index contributed by atoms with van der Waals surface area (Å²) < 4.78 is 0. The third-order valence-electron chi connectivity index (χ3n) is 3.11. The van der Waals surface area contributed by atoms with Crippen LogP contribution in [0.25, 0.3) is 0 Å². The number of hydrogen-bond donors (Lipinski definition) is 4. The van der Waals surface area contributed by atoms with Crippen LogP contribution >= 0.6 is 0 Å². The Kier molecular flexibility index (Phi) is 16.6. The normalized spacial score (nSPS) is 16.3. The number of hydrogen-bond acceptors (Lipinski definition) is 6. The number of carboxylic acids is 1. The molecule has 0 unspecified atom stereocenters. The van der Waals surface area contributed by atoms with Crippen LogP contribution in [0.15, 0.2) is 0 Å². The van der Waals surface area contributed by atoms with E-state index in [-0.39, 0.29) is 45.9 Å². The van der Waals surface area contributed by atoms with Crippen molar-refractivity contribution < 1.29 is 59.9 Å². The number of carboxylic acid groups (broad SMARTS) is 1. The molecule has 0 aliphatic carbocycles. The van der Waals surface area contributed by atoms with E-state index in [1.54, 1.807) is 6.29 Å². The SMILES string of the molecule is CC(C)(C)[C@@H](O)[C@H](N)[C-]=O.C[C@H](C(=O)O)[C@H](O)C(C)(C)C.[Na+].[OH-]. The van der Waals surface area contributed by atoms with Gasteiger partial charge in [0.15, 0.2) is 0 Å². The smallest absolute Gasteiger partial charge is 0.870 e. The minimum Gasteiger partial charge on any atom is -0.870 e. The average molecular weight is 344 g/mol. The van der Waals surface area contributed by atoms with Crippen molar-refractivity contribution in [2.24, 2.45) is 22.5 Å². The Balaban J connectivity index is -0.000000145. The molecule has 7 nitrogen and oxygen atoms in total. The van der Waals surface area contributed by atoms with Gasteiger partial charge in [-0.2, -0.15) is 0 Å². The zero-order valence-corrected chi connectivity index (χ0v) is 17.5. The second-order valence-electron chi connectivity index (χ2n) is 7.39. The van der Waals surface area contributed by atoms with Crippen molar-refractivity contribution in [1.29, 1.82) is 0 Å². The Morgan fingerprint density at radius 1 is 1.00 bits per heavy atom. The summed E-state index contributed by atoms with van der Waals surface area (Å²) in [6, 6.07) is -0.889. The molecule has 134 valence electrons. The summed E-state index contributed by atoms with van der Waals surface area (Å²) in [6.07, 6.45) is -0.0575. The summed E-state index contributed by atoms with van der Waals surface area (Å²) >= 11 is 0. The van der Waals surface area contributed by atoms with Gasteiger partial charge < -0.3 is 31.3 Å². The topological polar surface area (TPSA) is 151 Å². The maximum Gasteiger partial charge on any atom is 1.00 e. The first kappa shape index (κ1) is 30.8. The summed E-state index contributed by atoms with van der Waals surface area (Å²) in [5.41, 5.74) is 4.52. The maximum absolute atomic E-state index is 10.4. The molecule has 4 atom stereocenters. The fraction of sp³-hybridized carbons (Fsp3) is 0.867. The van der Waals surface area contributed by atoms with Gasteiger partial charge in [0.1, 0.15) is 0 Å². The molecule has 0 radical (unpaired) electrons. The summed E-state index contributed by atoms with van der Waals surface area (Å²) in [5.74, 6) is -1.65. The quantitative estimate of drug-likeness (QED) is 0.333. The van der Waals surface area contributed by atoms with Crippen LogP contribution in [0.5, 0.6) is 0 Å². The molecule has 0 aliphatic rings. The van der Waals surface area contributed by atoms with Crippen molar-refractivity contribution in [3.05, 3.63) is 0 Å². The Bertz CT molecular complexity index is 338. The molecule has 0 bridgehead atoms. The molecule has 0 aromatic rings. The molecule has 0 heterocycles. The van der Waals surface area contributed by atoms with E-state index in [1.165, 1.54) is 6.92 Å². The Hall–Kier alpha value is -0.0200. The van der Waals surface area contributed by atoms with Crippen LogP contribution in [0.1, 0.15) is 48.5 Å². The zero-order valence-electron chi connectivity index (χ0n) is 15.5. The second kappa shape index (κ2) is 12.4. The van der Waals surface area contributed by atoms with E-state index in [2.05, 4.69) is 0 Å². The van der Waals surface area contributed by atoms with Gasteiger partial charge in [0.2, 0.25) is 0 Å². The molecule has 0 aliphatic heterocycles. The minimum atomic E-state index is -0.951. The standard InChI is InChI=1S/C8H16O3.C7H14NO2.Na.H2O/c1-5(7(10)11)6(9)8(2,3)4;1-7(2,3)6(10)5(8)4-9;;/h5-6,9H,1-4H3,(H,10,11);5-6,10H,8H2,1-3H3;;1H2/q;-1;+1;/p-1/t5-,6-;5-,6+;;/m01../s1. The predicted octanol–water partition coefficient (Wildman–Crippen LogP) is -2.23. The van der Waals surface area contributed by atoms with Crippen LogP contribution in [0.2, 0.25) is 0 Å². The van der Waals surface area contributed by atoms with Crippen molar-refractivity contribution >= 4 is 12.3 Å². The van der Waals surface area contributed by atoms with Crippen LogP contribution in [0.3, 0.4) is 0 Å². The predicted molar refractivity (Wildman–Crippen MR) is 83.3 cm³/mol. The van der Waals surface area contributed by atoms with Gasteiger partial charge in [-0.1, -0.05) is 47.6 Å². The first-order chi connectivity index (χ1) is 9.16. The first-order valence-corrected chi connectivity index (χ1v) is 6.88. The minimum absolute atomic E-state index is 0. The van der Waals surface area contributed by atoms with Crippen LogP contribution in [0.4, 0.5) is 0 Å². The number of carbonyl (C=O) groups is 1. The molecule has 0 amide bonds.